The van der Waals surface area contributed by atoms with Gasteiger partial charge in [-0.2, -0.15) is 0 Å². The molecule has 4 aromatic rings. The van der Waals surface area contributed by atoms with Crippen LogP contribution in [0.5, 0.6) is 0 Å². The normalized spacial score (nSPS) is 11.2. The van der Waals surface area contributed by atoms with Gasteiger partial charge >= 0.3 is 0 Å². The Balaban J connectivity index is 2.01. The van der Waals surface area contributed by atoms with Crippen molar-refractivity contribution < 1.29 is 4.39 Å². The van der Waals surface area contributed by atoms with Crippen LogP contribution < -0.4 is 0 Å². The van der Waals surface area contributed by atoms with E-state index in [9.17, 15) is 4.39 Å². The minimum Gasteiger partial charge on any atom is -0.355 e. The molecule has 0 atom stereocenters. The molecule has 96 valence electrons. The van der Waals surface area contributed by atoms with Gasteiger partial charge in [-0.15, -0.1) is 0 Å². The van der Waals surface area contributed by atoms with Gasteiger partial charge in [0.2, 0.25) is 0 Å². The van der Waals surface area contributed by atoms with Gasteiger partial charge in [-0.05, 0) is 35.0 Å². The maximum Gasteiger partial charge on any atom is 0.123 e. The van der Waals surface area contributed by atoms with Gasteiger partial charge in [-0.3, -0.25) is 0 Å². The average molecular weight is 261 g/mol. The molecule has 0 saturated carbocycles. The topological polar surface area (TPSA) is 15.8 Å². The Morgan fingerprint density at radius 3 is 2.55 bits per heavy atom. The fourth-order valence-electron chi connectivity index (χ4n) is 2.70. The van der Waals surface area contributed by atoms with Crippen LogP contribution in [0, 0.1) is 5.82 Å². The number of hydrogen-bond donors (Lipinski definition) is 1. The molecule has 0 spiro atoms. The fraction of sp³-hybridized carbons (Fsp3) is 0. The van der Waals surface area contributed by atoms with Crippen LogP contribution in [0.4, 0.5) is 4.39 Å². The predicted octanol–water partition coefficient (Wildman–Crippen LogP) is 5.13. The lowest BCUT2D eigenvalue weighted by Crippen LogP contribution is -1.78. The number of rotatable bonds is 1. The van der Waals surface area contributed by atoms with Crippen LogP contribution in [-0.2, 0) is 0 Å². The van der Waals surface area contributed by atoms with Gasteiger partial charge < -0.3 is 4.98 Å². The first-order chi connectivity index (χ1) is 9.81. The van der Waals surface area contributed by atoms with Gasteiger partial charge in [0, 0.05) is 22.2 Å². The monoisotopic (exact) mass is 261 g/mol. The molecule has 0 aliphatic heterocycles. The third-order valence-corrected chi connectivity index (χ3v) is 3.66. The van der Waals surface area contributed by atoms with Crippen molar-refractivity contribution in [2.75, 3.05) is 0 Å². The van der Waals surface area contributed by atoms with Gasteiger partial charge in [-0.1, -0.05) is 42.5 Å². The van der Waals surface area contributed by atoms with Crippen LogP contribution in [-0.4, -0.2) is 4.98 Å². The van der Waals surface area contributed by atoms with E-state index in [0.29, 0.717) is 0 Å². The molecule has 4 rings (SSSR count). The number of benzene rings is 3. The summed E-state index contributed by atoms with van der Waals surface area (Å²) in [5, 5.41) is 3.59. The highest BCUT2D eigenvalue weighted by atomic mass is 19.1. The third kappa shape index (κ3) is 1.69. The van der Waals surface area contributed by atoms with E-state index in [-0.39, 0.29) is 5.82 Å². The summed E-state index contributed by atoms with van der Waals surface area (Å²) in [6, 6.07) is 21.2. The molecule has 2 heteroatoms. The number of halogens is 1. The van der Waals surface area contributed by atoms with Crippen LogP contribution in [0.2, 0.25) is 0 Å². The van der Waals surface area contributed by atoms with Crippen molar-refractivity contribution in [3.8, 4) is 11.3 Å². The first-order valence-electron chi connectivity index (χ1n) is 6.58. The summed E-state index contributed by atoms with van der Waals surface area (Å²) in [7, 11) is 0. The van der Waals surface area contributed by atoms with Crippen LogP contribution in [0.15, 0.2) is 66.7 Å². The number of hydrogen-bond acceptors (Lipinski definition) is 0. The van der Waals surface area contributed by atoms with Crippen molar-refractivity contribution in [2.45, 2.75) is 0 Å². The molecule has 0 fully saturated rings. The van der Waals surface area contributed by atoms with Crippen LogP contribution in [0.3, 0.4) is 0 Å². The van der Waals surface area contributed by atoms with Gasteiger partial charge in [-0.25, -0.2) is 4.39 Å². The van der Waals surface area contributed by atoms with E-state index in [2.05, 4.69) is 35.3 Å². The van der Waals surface area contributed by atoms with Crippen LogP contribution in [0.25, 0.3) is 32.9 Å². The maximum atomic E-state index is 13.3. The molecule has 0 amide bonds. The summed E-state index contributed by atoms with van der Waals surface area (Å²) in [6.07, 6.45) is 0. The number of aromatic nitrogens is 1. The van der Waals surface area contributed by atoms with Crippen molar-refractivity contribution in [3.05, 3.63) is 72.5 Å². The molecule has 1 nitrogen and oxygen atoms in total. The highest BCUT2D eigenvalue weighted by molar-refractivity contribution is 6.08. The number of H-pyrrole nitrogens is 1. The minimum atomic E-state index is -0.217. The highest BCUT2D eigenvalue weighted by Crippen LogP contribution is 2.30. The lowest BCUT2D eigenvalue weighted by Gasteiger charge is -1.97. The number of fused-ring (bicyclic) bond motifs is 3. The Kier molecular flexibility index (Phi) is 2.36. The Morgan fingerprint density at radius 2 is 1.65 bits per heavy atom. The Hall–Kier alpha value is -2.61. The maximum absolute atomic E-state index is 13.3. The average Bonchev–Trinajstić information content (AvgIpc) is 2.92. The van der Waals surface area contributed by atoms with Crippen molar-refractivity contribution in [2.24, 2.45) is 0 Å². The molecular weight excluding hydrogens is 249 g/mol. The van der Waals surface area contributed by atoms with Crippen LogP contribution >= 0.6 is 0 Å². The zero-order valence-corrected chi connectivity index (χ0v) is 10.7. The fourth-order valence-corrected chi connectivity index (χ4v) is 2.70. The van der Waals surface area contributed by atoms with Gasteiger partial charge in [0.05, 0.1) is 0 Å². The highest BCUT2D eigenvalue weighted by Gasteiger charge is 2.06. The molecule has 0 unspecified atom stereocenters. The van der Waals surface area contributed by atoms with E-state index in [1.54, 1.807) is 12.1 Å². The number of nitrogens with one attached hydrogen (secondary N) is 1. The van der Waals surface area contributed by atoms with E-state index in [0.717, 1.165) is 16.8 Å². The third-order valence-electron chi connectivity index (χ3n) is 3.66. The van der Waals surface area contributed by atoms with Gasteiger partial charge in [0.15, 0.2) is 0 Å². The molecule has 0 aliphatic rings. The van der Waals surface area contributed by atoms with Crippen LogP contribution in [0.1, 0.15) is 0 Å². The van der Waals surface area contributed by atoms with Crippen molar-refractivity contribution >= 4 is 21.7 Å². The first-order valence-corrected chi connectivity index (χ1v) is 6.58. The second kappa shape index (κ2) is 4.20. The second-order valence-electron chi connectivity index (χ2n) is 4.94. The Labute approximate surface area is 115 Å². The van der Waals surface area contributed by atoms with E-state index in [4.69, 9.17) is 0 Å². The largest absolute Gasteiger partial charge is 0.355 e. The smallest absolute Gasteiger partial charge is 0.123 e. The van der Waals surface area contributed by atoms with Gasteiger partial charge in [0.25, 0.3) is 0 Å². The lowest BCUT2D eigenvalue weighted by atomic mass is 10.1. The molecule has 0 aliphatic carbocycles. The standard InChI is InChI=1S/C18H12FN/c19-14-6-3-5-13(10-14)18-11-16-15-7-2-1-4-12(15)8-9-17(16)20-18/h1-11,20H. The molecule has 1 aromatic heterocycles. The minimum absolute atomic E-state index is 0.217. The summed E-state index contributed by atoms with van der Waals surface area (Å²) in [4.78, 5) is 3.36. The molecule has 1 heterocycles. The molecule has 0 radical (unpaired) electrons. The van der Waals surface area contributed by atoms with Gasteiger partial charge in [0.1, 0.15) is 5.82 Å². The summed E-state index contributed by atoms with van der Waals surface area (Å²) in [5.74, 6) is -0.217. The first kappa shape index (κ1) is 11.2. The number of aromatic amines is 1. The van der Waals surface area contributed by atoms with E-state index in [1.165, 1.54) is 22.2 Å². The molecule has 0 bridgehead atoms. The van der Waals surface area contributed by atoms with Crippen molar-refractivity contribution in [3.63, 3.8) is 0 Å². The molecule has 3 aromatic carbocycles. The summed E-state index contributed by atoms with van der Waals surface area (Å²) < 4.78 is 13.3. The second-order valence-corrected chi connectivity index (χ2v) is 4.94. The summed E-state index contributed by atoms with van der Waals surface area (Å²) in [5.41, 5.74) is 2.88. The zero-order chi connectivity index (χ0) is 13.5. The predicted molar refractivity (Wildman–Crippen MR) is 81.2 cm³/mol. The quantitative estimate of drug-likeness (QED) is 0.489. The molecular formula is C18H12FN. The van der Waals surface area contributed by atoms with E-state index < -0.39 is 0 Å². The van der Waals surface area contributed by atoms with Crippen molar-refractivity contribution in [1.82, 2.24) is 4.98 Å². The van der Waals surface area contributed by atoms with E-state index >= 15 is 0 Å². The Morgan fingerprint density at radius 1 is 0.750 bits per heavy atom. The SMILES string of the molecule is Fc1cccc(-c2cc3c(ccc4ccccc43)[nH]2)c1. The molecule has 1 N–H and O–H groups in total. The molecule has 0 saturated heterocycles. The summed E-state index contributed by atoms with van der Waals surface area (Å²) in [6.45, 7) is 0. The summed E-state index contributed by atoms with van der Waals surface area (Å²) >= 11 is 0. The zero-order valence-electron chi connectivity index (χ0n) is 10.7. The van der Waals surface area contributed by atoms with E-state index in [1.807, 2.05) is 18.2 Å². The molecule has 20 heavy (non-hydrogen) atoms. The van der Waals surface area contributed by atoms with Crippen molar-refractivity contribution in [1.29, 1.82) is 0 Å². The lowest BCUT2D eigenvalue weighted by molar-refractivity contribution is 0.628. The Bertz CT molecular complexity index is 921.